The predicted molar refractivity (Wildman–Crippen MR) is 174 cm³/mol. The van der Waals surface area contributed by atoms with E-state index in [9.17, 15) is 71.2 Å². The molecule has 0 aliphatic carbocycles. The van der Waals surface area contributed by atoms with E-state index in [-0.39, 0.29) is 0 Å². The van der Waals surface area contributed by atoms with Gasteiger partial charge >= 0.3 is 0 Å². The fourth-order valence-electron chi connectivity index (χ4n) is 7.26. The SMILES string of the molecule is CC(=O)N[C@H]1[C@H](O[C@H]2[C@H](O[C@@H]3[C@H](O)[C@@H](O)[C@H](C)O[C@H]3O)O[C@@H](C)[C@H](O)[C@H]2O)O[C@H](CO)[C@@H](O)[C@@H]1O[C@@H]1O[C@@H](C)[C@H](O[C@H]2O[C@H](CO)[C@@H](O)[C@H](O)[C@H]2O)[C@@H](O)[C@H]1O. The van der Waals surface area contributed by atoms with Crippen molar-refractivity contribution in [2.45, 2.75) is 181 Å². The Bertz CT molecular complexity index is 1270. The van der Waals surface area contributed by atoms with Crippen molar-refractivity contribution in [1.29, 1.82) is 0 Å². The van der Waals surface area contributed by atoms with Crippen LogP contribution in [0.3, 0.4) is 0 Å². The Kier molecular flexibility index (Phi) is 15.4. The fourth-order valence-corrected chi connectivity index (χ4v) is 7.26. The summed E-state index contributed by atoms with van der Waals surface area (Å²) in [7, 11) is 0. The average Bonchev–Trinajstić information content (AvgIpc) is 3.15. The second-order valence-electron chi connectivity index (χ2n) is 14.6. The Morgan fingerprint density at radius 3 is 1.52 bits per heavy atom. The normalized spacial score (nSPS) is 53.1. The minimum Gasteiger partial charge on any atom is -0.394 e. The second kappa shape index (κ2) is 18.9. The highest BCUT2D eigenvalue weighted by atomic mass is 16.8. The van der Waals surface area contributed by atoms with E-state index in [0.29, 0.717) is 0 Å². The van der Waals surface area contributed by atoms with Crippen molar-refractivity contribution >= 4 is 5.91 Å². The van der Waals surface area contributed by atoms with Gasteiger partial charge in [0.05, 0.1) is 31.5 Å². The Labute approximate surface area is 319 Å². The topological polar surface area (TPSA) is 375 Å². The summed E-state index contributed by atoms with van der Waals surface area (Å²) >= 11 is 0. The van der Waals surface area contributed by atoms with Gasteiger partial charge in [-0.2, -0.15) is 0 Å². The third-order valence-corrected chi connectivity index (χ3v) is 10.6. The van der Waals surface area contributed by atoms with Crippen LogP contribution in [0.15, 0.2) is 0 Å². The number of rotatable bonds is 11. The van der Waals surface area contributed by atoms with Crippen molar-refractivity contribution in [2.75, 3.05) is 13.2 Å². The number of carbonyl (C=O) groups excluding carboxylic acids is 1. The van der Waals surface area contributed by atoms with Gasteiger partial charge in [-0.15, -0.1) is 0 Å². The molecular weight excluding hydrogens is 766 g/mol. The number of hydrogen-bond acceptors (Lipinski definition) is 23. The van der Waals surface area contributed by atoms with Crippen molar-refractivity contribution in [3.63, 3.8) is 0 Å². The highest BCUT2D eigenvalue weighted by molar-refractivity contribution is 5.73. The number of carbonyl (C=O) groups is 1. The molecule has 25 atom stereocenters. The molecule has 24 nitrogen and oxygen atoms in total. The largest absolute Gasteiger partial charge is 0.394 e. The van der Waals surface area contributed by atoms with Crippen LogP contribution in [0.25, 0.3) is 0 Å². The number of nitrogens with one attached hydrogen (secondary N) is 1. The minimum absolute atomic E-state index is 0.752. The summed E-state index contributed by atoms with van der Waals surface area (Å²) in [5.74, 6) is -0.752. The quantitative estimate of drug-likeness (QED) is 0.0920. The number of hydrogen-bond donors (Lipinski definition) is 14. The Hall–Kier alpha value is -1.41. The fraction of sp³-hybridized carbons (Fsp3) is 0.969. The van der Waals surface area contributed by atoms with Gasteiger partial charge in [-0.05, 0) is 20.8 Å². The average molecular weight is 822 g/mol. The van der Waals surface area contributed by atoms with Crippen LogP contribution < -0.4 is 5.32 Å². The summed E-state index contributed by atoms with van der Waals surface area (Å²) in [6, 6.07) is -1.60. The number of amides is 1. The van der Waals surface area contributed by atoms with E-state index in [1.807, 2.05) is 0 Å². The lowest BCUT2D eigenvalue weighted by molar-refractivity contribution is -0.389. The van der Waals surface area contributed by atoms with Crippen molar-refractivity contribution in [2.24, 2.45) is 0 Å². The van der Waals surface area contributed by atoms with E-state index in [0.717, 1.165) is 6.92 Å². The first-order valence-corrected chi connectivity index (χ1v) is 18.2. The summed E-state index contributed by atoms with van der Waals surface area (Å²) < 4.78 is 51.2. The maximum atomic E-state index is 12.5. The number of aliphatic hydroxyl groups excluding tert-OH is 13. The van der Waals surface area contributed by atoms with Gasteiger partial charge in [-0.1, -0.05) is 0 Å². The molecule has 0 radical (unpaired) electrons. The zero-order valence-corrected chi connectivity index (χ0v) is 30.7. The van der Waals surface area contributed by atoms with Gasteiger partial charge < -0.3 is 114 Å². The lowest BCUT2D eigenvalue weighted by Crippen LogP contribution is -2.70. The van der Waals surface area contributed by atoms with Crippen LogP contribution in [0.2, 0.25) is 0 Å². The highest BCUT2D eigenvalue weighted by Gasteiger charge is 2.56. The van der Waals surface area contributed by atoms with Crippen LogP contribution in [-0.4, -0.2) is 239 Å². The summed E-state index contributed by atoms with van der Waals surface area (Å²) in [6.07, 6.45) is -39.7. The molecule has 0 spiro atoms. The van der Waals surface area contributed by atoms with Crippen LogP contribution >= 0.6 is 0 Å². The second-order valence-corrected chi connectivity index (χ2v) is 14.6. The molecule has 326 valence electrons. The first kappa shape index (κ1) is 45.7. The molecule has 5 aliphatic rings. The lowest BCUT2D eigenvalue weighted by Gasteiger charge is -2.50. The molecule has 0 bridgehead atoms. The molecule has 56 heavy (non-hydrogen) atoms. The molecule has 5 aliphatic heterocycles. The van der Waals surface area contributed by atoms with Crippen molar-refractivity contribution in [1.82, 2.24) is 5.32 Å². The van der Waals surface area contributed by atoms with E-state index >= 15 is 0 Å². The zero-order chi connectivity index (χ0) is 41.5. The molecule has 24 heteroatoms. The monoisotopic (exact) mass is 821 g/mol. The molecule has 14 N–H and O–H groups in total. The van der Waals surface area contributed by atoms with Gasteiger partial charge in [0.1, 0.15) is 104 Å². The molecule has 5 rings (SSSR count). The number of aliphatic hydroxyl groups is 13. The predicted octanol–water partition coefficient (Wildman–Crippen LogP) is -8.70. The van der Waals surface area contributed by atoms with Gasteiger partial charge in [0.2, 0.25) is 5.91 Å². The molecular formula is C32H55NO23. The van der Waals surface area contributed by atoms with E-state index in [1.165, 1.54) is 20.8 Å². The standard InChI is InChI=1S/C32H55NO23/c1-7-14(37)19(42)26(28(47)48-7)55-32-27(20(43)15(38)8(2)49-32)56-29-13(33-10(4)36)25(17(40)12(6-35)51-29)54-30-23(46)21(44)24(9(3)50-30)53-31-22(45)18(41)16(39)11(5-34)52-31/h7-9,11-32,34-35,37-47H,5-6H2,1-4H3,(H,33,36)/t7-,8-,9-,11+,12+,13+,14-,15-,16+,17+,18-,19+,20+,21-,22+,23+,24-,25+,26+,27+,28+,29-,30-,31+,32-/m0/s1. The van der Waals surface area contributed by atoms with E-state index in [2.05, 4.69) is 5.32 Å². The Morgan fingerprint density at radius 2 is 0.911 bits per heavy atom. The van der Waals surface area contributed by atoms with Crippen LogP contribution in [0, 0.1) is 0 Å². The molecule has 0 unspecified atom stereocenters. The minimum atomic E-state index is -2.00. The van der Waals surface area contributed by atoms with Gasteiger partial charge in [0, 0.05) is 6.92 Å². The maximum Gasteiger partial charge on any atom is 0.217 e. The van der Waals surface area contributed by atoms with Gasteiger partial charge in [0.15, 0.2) is 31.5 Å². The molecule has 0 aromatic heterocycles. The summed E-state index contributed by atoms with van der Waals surface area (Å²) in [4.78, 5) is 12.5. The Balaban J connectivity index is 1.36. The third-order valence-electron chi connectivity index (χ3n) is 10.6. The van der Waals surface area contributed by atoms with Crippen LogP contribution in [0.5, 0.6) is 0 Å². The van der Waals surface area contributed by atoms with E-state index in [1.54, 1.807) is 0 Å². The van der Waals surface area contributed by atoms with Crippen molar-refractivity contribution in [3.8, 4) is 0 Å². The molecule has 1 amide bonds. The van der Waals surface area contributed by atoms with E-state index in [4.69, 9.17) is 42.6 Å². The van der Waals surface area contributed by atoms with Gasteiger partial charge in [0.25, 0.3) is 0 Å². The smallest absolute Gasteiger partial charge is 0.217 e. The Morgan fingerprint density at radius 1 is 0.464 bits per heavy atom. The highest BCUT2D eigenvalue weighted by Crippen LogP contribution is 2.35. The lowest BCUT2D eigenvalue weighted by atomic mass is 9.94. The van der Waals surface area contributed by atoms with Gasteiger partial charge in [-0.3, -0.25) is 4.79 Å². The molecule has 0 aromatic rings. The van der Waals surface area contributed by atoms with Crippen LogP contribution in [-0.2, 0) is 47.4 Å². The van der Waals surface area contributed by atoms with Crippen molar-refractivity contribution in [3.05, 3.63) is 0 Å². The molecule has 5 saturated heterocycles. The molecule has 0 aromatic carbocycles. The molecule has 0 saturated carbocycles. The molecule has 5 heterocycles. The summed E-state index contributed by atoms with van der Waals surface area (Å²) in [5.41, 5.74) is 0. The van der Waals surface area contributed by atoms with Crippen LogP contribution in [0.4, 0.5) is 0 Å². The first-order chi connectivity index (χ1) is 26.3. The number of ether oxygens (including phenoxy) is 9. The summed E-state index contributed by atoms with van der Waals surface area (Å²) in [5, 5.41) is 140. The van der Waals surface area contributed by atoms with Crippen LogP contribution in [0.1, 0.15) is 27.7 Å². The molecule has 5 fully saturated rings. The first-order valence-electron chi connectivity index (χ1n) is 18.2. The third kappa shape index (κ3) is 9.31. The van der Waals surface area contributed by atoms with E-state index < -0.39 is 173 Å². The summed E-state index contributed by atoms with van der Waals surface area (Å²) in [6.45, 7) is 3.52. The van der Waals surface area contributed by atoms with Gasteiger partial charge in [-0.25, -0.2) is 0 Å². The maximum absolute atomic E-state index is 12.5. The zero-order valence-electron chi connectivity index (χ0n) is 30.7. The van der Waals surface area contributed by atoms with Crippen molar-refractivity contribution < 1.29 is 114 Å².